The van der Waals surface area contributed by atoms with E-state index in [4.69, 9.17) is 9.84 Å². The van der Waals surface area contributed by atoms with Gasteiger partial charge in [-0.15, -0.1) is 0 Å². The molecule has 0 aromatic carbocycles. The lowest BCUT2D eigenvalue weighted by Gasteiger charge is -1.97. The Labute approximate surface area is 65.9 Å². The molecule has 64 valence electrons. The fourth-order valence-electron chi connectivity index (χ4n) is 0.519. The summed E-state index contributed by atoms with van der Waals surface area (Å²) in [5, 5.41) is 11.1. The Morgan fingerprint density at radius 1 is 1.73 bits per heavy atom. The molecular weight excluding hydrogens is 146 g/mol. The number of ether oxygens (including phenoxy) is 1. The number of hydrogen-bond acceptors (Lipinski definition) is 3. The molecule has 0 aliphatic rings. The van der Waals surface area contributed by atoms with E-state index in [-0.39, 0.29) is 0 Å². The molecule has 0 radical (unpaired) electrons. The summed E-state index contributed by atoms with van der Waals surface area (Å²) in [7, 11) is 1.62. The largest absolute Gasteiger partial charge is 0.478 e. The average Bonchev–Trinajstić information content (AvgIpc) is 1.96. The molecule has 0 aromatic rings. The van der Waals surface area contributed by atoms with E-state index in [2.05, 4.69) is 5.32 Å². The van der Waals surface area contributed by atoms with Crippen LogP contribution in [-0.2, 0) is 9.53 Å². The van der Waals surface area contributed by atoms with Gasteiger partial charge in [0.1, 0.15) is 0 Å². The first kappa shape index (κ1) is 10.1. The van der Waals surface area contributed by atoms with Gasteiger partial charge in [0, 0.05) is 26.3 Å². The monoisotopic (exact) mass is 159 g/mol. The van der Waals surface area contributed by atoms with Crippen LogP contribution in [0.15, 0.2) is 12.2 Å². The first-order valence-electron chi connectivity index (χ1n) is 3.36. The van der Waals surface area contributed by atoms with Crippen molar-refractivity contribution in [2.24, 2.45) is 0 Å². The van der Waals surface area contributed by atoms with Gasteiger partial charge >= 0.3 is 5.97 Å². The van der Waals surface area contributed by atoms with Gasteiger partial charge < -0.3 is 15.2 Å². The normalized spacial score (nSPS) is 10.6. The summed E-state index contributed by atoms with van der Waals surface area (Å²) in [5.74, 6) is -0.918. The van der Waals surface area contributed by atoms with E-state index in [1.165, 1.54) is 0 Å². The lowest BCUT2D eigenvalue weighted by atomic mass is 10.5. The maximum atomic E-state index is 9.95. The summed E-state index contributed by atoms with van der Waals surface area (Å²) in [6, 6.07) is 0. The minimum atomic E-state index is -0.918. The van der Waals surface area contributed by atoms with Gasteiger partial charge in [0.2, 0.25) is 0 Å². The molecule has 2 N–H and O–H groups in total. The van der Waals surface area contributed by atoms with E-state index in [1.54, 1.807) is 13.2 Å². The number of rotatable bonds is 6. The molecule has 4 nitrogen and oxygen atoms in total. The Hall–Kier alpha value is -0.870. The standard InChI is InChI=1S/C7H13NO3/c1-11-6-5-8-4-2-3-7(9)10/h2-3,8H,4-6H2,1H3,(H,9,10)/b3-2+. The number of methoxy groups -OCH3 is 1. The van der Waals surface area contributed by atoms with Gasteiger partial charge in [0.15, 0.2) is 0 Å². The fourth-order valence-corrected chi connectivity index (χ4v) is 0.519. The zero-order valence-electron chi connectivity index (χ0n) is 6.54. The van der Waals surface area contributed by atoms with Crippen LogP contribution in [0.1, 0.15) is 0 Å². The predicted molar refractivity (Wildman–Crippen MR) is 41.5 cm³/mol. The van der Waals surface area contributed by atoms with Gasteiger partial charge in [-0.2, -0.15) is 0 Å². The minimum Gasteiger partial charge on any atom is -0.478 e. The molecule has 0 saturated heterocycles. The number of carboxylic acids is 1. The first-order chi connectivity index (χ1) is 5.27. The Morgan fingerprint density at radius 2 is 2.45 bits per heavy atom. The van der Waals surface area contributed by atoms with Gasteiger partial charge in [-0.25, -0.2) is 4.79 Å². The maximum absolute atomic E-state index is 9.95. The molecular formula is C7H13NO3. The number of hydrogen-bond donors (Lipinski definition) is 2. The van der Waals surface area contributed by atoms with E-state index >= 15 is 0 Å². The van der Waals surface area contributed by atoms with Crippen molar-refractivity contribution in [3.05, 3.63) is 12.2 Å². The van der Waals surface area contributed by atoms with Crippen LogP contribution in [0.3, 0.4) is 0 Å². The Bertz CT molecular complexity index is 134. The van der Waals surface area contributed by atoms with Gasteiger partial charge in [-0.3, -0.25) is 0 Å². The van der Waals surface area contributed by atoms with E-state index < -0.39 is 5.97 Å². The Kier molecular flexibility index (Phi) is 6.67. The van der Waals surface area contributed by atoms with Crippen LogP contribution < -0.4 is 5.32 Å². The number of carboxylic acid groups (broad SMARTS) is 1. The third kappa shape index (κ3) is 9.13. The lowest BCUT2D eigenvalue weighted by Crippen LogP contribution is -2.18. The summed E-state index contributed by atoms with van der Waals surface area (Å²) in [5.41, 5.74) is 0. The van der Waals surface area contributed by atoms with Crippen LogP contribution in [0.2, 0.25) is 0 Å². The average molecular weight is 159 g/mol. The summed E-state index contributed by atoms with van der Waals surface area (Å²) >= 11 is 0. The number of nitrogens with one attached hydrogen (secondary N) is 1. The SMILES string of the molecule is COCCNC/C=C/C(=O)O. The van der Waals surface area contributed by atoms with Crippen LogP contribution in [0, 0.1) is 0 Å². The Morgan fingerprint density at radius 3 is 3.00 bits per heavy atom. The molecule has 11 heavy (non-hydrogen) atoms. The third-order valence-electron chi connectivity index (χ3n) is 1.01. The van der Waals surface area contributed by atoms with Crippen molar-refractivity contribution in [1.82, 2.24) is 5.32 Å². The van der Waals surface area contributed by atoms with Gasteiger partial charge in [-0.05, 0) is 0 Å². The summed E-state index contributed by atoms with van der Waals surface area (Å²) < 4.78 is 4.77. The Balaban J connectivity index is 3.07. The number of aliphatic carboxylic acids is 1. The zero-order chi connectivity index (χ0) is 8.53. The highest BCUT2D eigenvalue weighted by Crippen LogP contribution is 1.71. The molecule has 0 spiro atoms. The van der Waals surface area contributed by atoms with Crippen molar-refractivity contribution in [2.75, 3.05) is 26.8 Å². The maximum Gasteiger partial charge on any atom is 0.328 e. The summed E-state index contributed by atoms with van der Waals surface area (Å²) in [6.45, 7) is 1.94. The highest BCUT2D eigenvalue weighted by Gasteiger charge is 1.84. The van der Waals surface area contributed by atoms with Crippen molar-refractivity contribution in [3.63, 3.8) is 0 Å². The summed E-state index contributed by atoms with van der Waals surface area (Å²) in [6.07, 6.45) is 2.66. The second-order valence-electron chi connectivity index (χ2n) is 1.94. The molecule has 0 rings (SSSR count). The first-order valence-corrected chi connectivity index (χ1v) is 3.36. The molecule has 0 heterocycles. The van der Waals surface area contributed by atoms with Gasteiger partial charge in [0.05, 0.1) is 6.61 Å². The van der Waals surface area contributed by atoms with Crippen LogP contribution >= 0.6 is 0 Å². The van der Waals surface area contributed by atoms with Crippen molar-refractivity contribution >= 4 is 5.97 Å². The molecule has 0 fully saturated rings. The van der Waals surface area contributed by atoms with Crippen LogP contribution in [0.25, 0.3) is 0 Å². The highest BCUT2D eigenvalue weighted by molar-refractivity contribution is 5.79. The molecule has 0 saturated carbocycles. The van der Waals surface area contributed by atoms with Crippen LogP contribution in [-0.4, -0.2) is 37.9 Å². The van der Waals surface area contributed by atoms with E-state index in [9.17, 15) is 4.79 Å². The zero-order valence-corrected chi connectivity index (χ0v) is 6.54. The molecule has 0 atom stereocenters. The van der Waals surface area contributed by atoms with Crippen molar-refractivity contribution in [3.8, 4) is 0 Å². The molecule has 0 aromatic heterocycles. The third-order valence-corrected chi connectivity index (χ3v) is 1.01. The van der Waals surface area contributed by atoms with E-state index in [1.807, 2.05) is 0 Å². The second-order valence-corrected chi connectivity index (χ2v) is 1.94. The molecule has 0 amide bonds. The molecule has 0 bridgehead atoms. The molecule has 4 heteroatoms. The van der Waals surface area contributed by atoms with Gasteiger partial charge in [0.25, 0.3) is 0 Å². The molecule has 0 unspecified atom stereocenters. The highest BCUT2D eigenvalue weighted by atomic mass is 16.5. The van der Waals surface area contributed by atoms with E-state index in [0.717, 1.165) is 12.6 Å². The molecule has 0 aliphatic heterocycles. The van der Waals surface area contributed by atoms with Crippen LogP contribution in [0.4, 0.5) is 0 Å². The number of carbonyl (C=O) groups is 1. The quantitative estimate of drug-likeness (QED) is 0.418. The van der Waals surface area contributed by atoms with Gasteiger partial charge in [-0.1, -0.05) is 6.08 Å². The lowest BCUT2D eigenvalue weighted by molar-refractivity contribution is -0.131. The van der Waals surface area contributed by atoms with Crippen molar-refractivity contribution in [2.45, 2.75) is 0 Å². The smallest absolute Gasteiger partial charge is 0.328 e. The van der Waals surface area contributed by atoms with Crippen molar-refractivity contribution < 1.29 is 14.6 Å². The fraction of sp³-hybridized carbons (Fsp3) is 0.571. The minimum absolute atomic E-state index is 0.565. The van der Waals surface area contributed by atoms with Crippen molar-refractivity contribution in [1.29, 1.82) is 0 Å². The van der Waals surface area contributed by atoms with Crippen LogP contribution in [0.5, 0.6) is 0 Å². The second kappa shape index (κ2) is 7.24. The summed E-state index contributed by atoms with van der Waals surface area (Å²) in [4.78, 5) is 9.95. The topological polar surface area (TPSA) is 58.6 Å². The predicted octanol–water partition coefficient (Wildman–Crippen LogP) is -0.137. The molecule has 0 aliphatic carbocycles. The van der Waals surface area contributed by atoms with E-state index in [0.29, 0.717) is 13.2 Å².